The van der Waals surface area contributed by atoms with Crippen molar-refractivity contribution in [1.82, 2.24) is 10.3 Å². The van der Waals surface area contributed by atoms with Crippen molar-refractivity contribution in [2.75, 3.05) is 18.4 Å². The Morgan fingerprint density at radius 1 is 1.60 bits per heavy atom. The standard InChI is InChI=1S/C10H14ClN3O/c1-2-12-7-5-9(15)14-10-8(11)4-3-6-13-10/h3-4,6,12H,2,5,7H2,1H3,(H,13,14,15). The van der Waals surface area contributed by atoms with Crippen molar-refractivity contribution in [3.63, 3.8) is 0 Å². The molecular weight excluding hydrogens is 214 g/mol. The highest BCUT2D eigenvalue weighted by Crippen LogP contribution is 2.17. The SMILES string of the molecule is CCNCCC(=O)Nc1ncccc1Cl. The Balaban J connectivity index is 2.41. The highest BCUT2D eigenvalue weighted by atomic mass is 35.5. The topological polar surface area (TPSA) is 54.0 Å². The molecule has 0 aromatic carbocycles. The second-order valence-corrected chi connectivity index (χ2v) is 3.39. The van der Waals surface area contributed by atoms with Gasteiger partial charge in [0.05, 0.1) is 5.02 Å². The Kier molecular flexibility index (Phi) is 5.07. The number of hydrogen-bond donors (Lipinski definition) is 2. The molecule has 1 aromatic rings. The van der Waals surface area contributed by atoms with Gasteiger partial charge in [0.2, 0.25) is 5.91 Å². The fourth-order valence-corrected chi connectivity index (χ4v) is 1.22. The molecule has 82 valence electrons. The van der Waals surface area contributed by atoms with Gasteiger partial charge in [0, 0.05) is 19.2 Å². The van der Waals surface area contributed by atoms with Crippen molar-refractivity contribution < 1.29 is 4.79 Å². The van der Waals surface area contributed by atoms with E-state index in [1.54, 1.807) is 18.3 Å². The maximum Gasteiger partial charge on any atom is 0.226 e. The zero-order valence-electron chi connectivity index (χ0n) is 8.59. The normalized spacial score (nSPS) is 10.0. The van der Waals surface area contributed by atoms with Crippen molar-refractivity contribution in [3.05, 3.63) is 23.4 Å². The highest BCUT2D eigenvalue weighted by molar-refractivity contribution is 6.33. The van der Waals surface area contributed by atoms with Crippen molar-refractivity contribution in [2.24, 2.45) is 0 Å². The van der Waals surface area contributed by atoms with Gasteiger partial charge in [-0.2, -0.15) is 0 Å². The third-order valence-corrected chi connectivity index (χ3v) is 2.10. The largest absolute Gasteiger partial charge is 0.316 e. The van der Waals surface area contributed by atoms with Crippen molar-refractivity contribution in [3.8, 4) is 0 Å². The number of nitrogens with one attached hydrogen (secondary N) is 2. The van der Waals surface area contributed by atoms with Crippen molar-refractivity contribution in [1.29, 1.82) is 0 Å². The minimum Gasteiger partial charge on any atom is -0.316 e. The monoisotopic (exact) mass is 227 g/mol. The maximum atomic E-state index is 11.4. The molecule has 0 saturated heterocycles. The third-order valence-electron chi connectivity index (χ3n) is 1.80. The van der Waals surface area contributed by atoms with E-state index in [0.717, 1.165) is 6.54 Å². The average molecular weight is 228 g/mol. The number of carbonyl (C=O) groups excluding carboxylic acids is 1. The van der Waals surface area contributed by atoms with Gasteiger partial charge in [0.25, 0.3) is 0 Å². The van der Waals surface area contributed by atoms with Crippen LogP contribution in [0, 0.1) is 0 Å². The molecule has 0 bridgehead atoms. The molecule has 5 heteroatoms. The second kappa shape index (κ2) is 6.37. The minimum absolute atomic E-state index is 0.0865. The molecule has 0 saturated carbocycles. The summed E-state index contributed by atoms with van der Waals surface area (Å²) in [6, 6.07) is 3.41. The number of aromatic nitrogens is 1. The summed E-state index contributed by atoms with van der Waals surface area (Å²) >= 11 is 5.84. The predicted molar refractivity (Wildman–Crippen MR) is 61.0 cm³/mol. The number of anilines is 1. The molecule has 1 amide bonds. The summed E-state index contributed by atoms with van der Waals surface area (Å²) in [7, 11) is 0. The van der Waals surface area contributed by atoms with Gasteiger partial charge in [-0.05, 0) is 18.7 Å². The Bertz CT molecular complexity index is 330. The Labute approximate surface area is 94.0 Å². The first-order chi connectivity index (χ1) is 7.24. The fourth-order valence-electron chi connectivity index (χ4n) is 1.05. The van der Waals surface area contributed by atoms with E-state index >= 15 is 0 Å². The van der Waals surface area contributed by atoms with Crippen LogP contribution in [0.25, 0.3) is 0 Å². The molecule has 0 atom stereocenters. The van der Waals surface area contributed by atoms with E-state index in [2.05, 4.69) is 15.6 Å². The second-order valence-electron chi connectivity index (χ2n) is 2.99. The number of pyridine rings is 1. The van der Waals surface area contributed by atoms with Gasteiger partial charge in [-0.25, -0.2) is 4.98 Å². The number of rotatable bonds is 5. The Morgan fingerprint density at radius 3 is 3.07 bits per heavy atom. The fraction of sp³-hybridized carbons (Fsp3) is 0.400. The summed E-state index contributed by atoms with van der Waals surface area (Å²) in [5, 5.41) is 6.17. The van der Waals surface area contributed by atoms with Crippen LogP contribution in [0.5, 0.6) is 0 Å². The number of carbonyl (C=O) groups is 1. The molecule has 0 aliphatic carbocycles. The molecule has 1 rings (SSSR count). The molecule has 0 aliphatic rings. The number of hydrogen-bond acceptors (Lipinski definition) is 3. The van der Waals surface area contributed by atoms with E-state index in [9.17, 15) is 4.79 Å². The summed E-state index contributed by atoms with van der Waals surface area (Å²) in [6.45, 7) is 3.51. The van der Waals surface area contributed by atoms with Gasteiger partial charge in [-0.3, -0.25) is 4.79 Å². The van der Waals surface area contributed by atoms with Gasteiger partial charge in [0.15, 0.2) is 5.82 Å². The van der Waals surface area contributed by atoms with Crippen LogP contribution in [-0.2, 0) is 4.79 Å². The zero-order valence-corrected chi connectivity index (χ0v) is 9.34. The van der Waals surface area contributed by atoms with Crippen LogP contribution < -0.4 is 10.6 Å². The lowest BCUT2D eigenvalue weighted by atomic mass is 10.4. The number of nitrogens with zero attached hydrogens (tertiary/aromatic N) is 1. The van der Waals surface area contributed by atoms with E-state index < -0.39 is 0 Å². The average Bonchev–Trinajstić information content (AvgIpc) is 2.22. The van der Waals surface area contributed by atoms with Crippen LogP contribution in [0.15, 0.2) is 18.3 Å². The smallest absolute Gasteiger partial charge is 0.226 e. The Morgan fingerprint density at radius 2 is 2.40 bits per heavy atom. The molecule has 15 heavy (non-hydrogen) atoms. The zero-order chi connectivity index (χ0) is 11.1. The maximum absolute atomic E-state index is 11.4. The molecular formula is C10H14ClN3O. The van der Waals surface area contributed by atoms with Crippen LogP contribution in [-0.4, -0.2) is 24.0 Å². The summed E-state index contributed by atoms with van der Waals surface area (Å²) in [4.78, 5) is 15.4. The summed E-state index contributed by atoms with van der Waals surface area (Å²) in [6.07, 6.45) is 2.01. The van der Waals surface area contributed by atoms with Gasteiger partial charge in [-0.1, -0.05) is 18.5 Å². The summed E-state index contributed by atoms with van der Waals surface area (Å²) in [5.74, 6) is 0.331. The third kappa shape index (κ3) is 4.27. The first-order valence-corrected chi connectivity index (χ1v) is 5.23. The molecule has 0 unspecified atom stereocenters. The van der Waals surface area contributed by atoms with Crippen LogP contribution in [0.1, 0.15) is 13.3 Å². The lowest BCUT2D eigenvalue weighted by molar-refractivity contribution is -0.116. The molecule has 0 fully saturated rings. The lowest BCUT2D eigenvalue weighted by Gasteiger charge is -2.05. The van der Waals surface area contributed by atoms with E-state index in [4.69, 9.17) is 11.6 Å². The molecule has 0 aliphatic heterocycles. The molecule has 4 nitrogen and oxygen atoms in total. The van der Waals surface area contributed by atoms with Gasteiger partial charge >= 0.3 is 0 Å². The number of amides is 1. The summed E-state index contributed by atoms with van der Waals surface area (Å²) in [5.41, 5.74) is 0. The minimum atomic E-state index is -0.0865. The highest BCUT2D eigenvalue weighted by Gasteiger charge is 2.05. The van der Waals surface area contributed by atoms with Crippen LogP contribution in [0.3, 0.4) is 0 Å². The molecule has 1 aromatic heterocycles. The van der Waals surface area contributed by atoms with E-state index in [-0.39, 0.29) is 5.91 Å². The van der Waals surface area contributed by atoms with Crippen molar-refractivity contribution >= 4 is 23.3 Å². The first-order valence-electron chi connectivity index (χ1n) is 4.85. The van der Waals surface area contributed by atoms with Crippen LogP contribution >= 0.6 is 11.6 Å². The van der Waals surface area contributed by atoms with E-state index in [1.807, 2.05) is 6.92 Å². The quantitative estimate of drug-likeness (QED) is 0.753. The summed E-state index contributed by atoms with van der Waals surface area (Å²) < 4.78 is 0. The lowest BCUT2D eigenvalue weighted by Crippen LogP contribution is -2.21. The molecule has 1 heterocycles. The first kappa shape index (κ1) is 11.9. The van der Waals surface area contributed by atoms with E-state index in [0.29, 0.717) is 23.8 Å². The molecule has 0 spiro atoms. The van der Waals surface area contributed by atoms with Crippen LogP contribution in [0.2, 0.25) is 5.02 Å². The molecule has 2 N–H and O–H groups in total. The molecule has 0 radical (unpaired) electrons. The van der Waals surface area contributed by atoms with E-state index in [1.165, 1.54) is 0 Å². The van der Waals surface area contributed by atoms with Gasteiger partial charge < -0.3 is 10.6 Å². The van der Waals surface area contributed by atoms with Gasteiger partial charge in [-0.15, -0.1) is 0 Å². The number of halogens is 1. The van der Waals surface area contributed by atoms with Gasteiger partial charge in [0.1, 0.15) is 0 Å². The predicted octanol–water partition coefficient (Wildman–Crippen LogP) is 1.67. The van der Waals surface area contributed by atoms with Crippen LogP contribution in [0.4, 0.5) is 5.82 Å². The van der Waals surface area contributed by atoms with Crippen molar-refractivity contribution in [2.45, 2.75) is 13.3 Å². The Hall–Kier alpha value is -1.13.